The molecule has 0 radical (unpaired) electrons. The topological polar surface area (TPSA) is 123 Å². The number of benzene rings is 2. The highest BCUT2D eigenvalue weighted by molar-refractivity contribution is 6.40. The van der Waals surface area contributed by atoms with E-state index in [1.54, 1.807) is 0 Å². The first kappa shape index (κ1) is 26.6. The second-order valence-electron chi connectivity index (χ2n) is 6.82. The SMILES string of the molecule is CCCCCNc1c(Cl)cc(C(=O)N[C@@H](Cc2ccccc2)C(=O)OC)c(O)c1Cl.N. The van der Waals surface area contributed by atoms with Crippen molar-refractivity contribution in [1.82, 2.24) is 11.5 Å². The molecule has 0 heterocycles. The van der Waals surface area contributed by atoms with Crippen molar-refractivity contribution in [2.75, 3.05) is 19.0 Å². The minimum Gasteiger partial charge on any atom is -0.505 e. The molecule has 0 aromatic heterocycles. The van der Waals surface area contributed by atoms with E-state index in [-0.39, 0.29) is 28.2 Å². The monoisotopic (exact) mass is 469 g/mol. The third-order valence-corrected chi connectivity index (χ3v) is 5.26. The lowest BCUT2D eigenvalue weighted by molar-refractivity contribution is -0.142. The van der Waals surface area contributed by atoms with Crippen LogP contribution in [0.2, 0.25) is 10.0 Å². The second-order valence-corrected chi connectivity index (χ2v) is 7.60. The van der Waals surface area contributed by atoms with Gasteiger partial charge >= 0.3 is 5.97 Å². The molecule has 7 nitrogen and oxygen atoms in total. The lowest BCUT2D eigenvalue weighted by Gasteiger charge is -2.18. The number of hydrogen-bond acceptors (Lipinski definition) is 6. The van der Waals surface area contributed by atoms with Crippen LogP contribution in [0, 0.1) is 0 Å². The lowest BCUT2D eigenvalue weighted by atomic mass is 10.0. The highest BCUT2D eigenvalue weighted by atomic mass is 35.5. The summed E-state index contributed by atoms with van der Waals surface area (Å²) in [6.45, 7) is 2.73. The Morgan fingerprint density at radius 2 is 1.84 bits per heavy atom. The molecule has 0 spiro atoms. The molecule has 0 unspecified atom stereocenters. The number of aromatic hydroxyl groups is 1. The van der Waals surface area contributed by atoms with Gasteiger partial charge in [-0.25, -0.2) is 4.79 Å². The highest BCUT2D eigenvalue weighted by Gasteiger charge is 2.26. The summed E-state index contributed by atoms with van der Waals surface area (Å²) in [6.07, 6.45) is 3.27. The Hall–Kier alpha value is -2.48. The number of amides is 1. The van der Waals surface area contributed by atoms with E-state index in [1.165, 1.54) is 13.2 Å². The molecule has 0 bridgehead atoms. The summed E-state index contributed by atoms with van der Waals surface area (Å²) in [5.41, 5.74) is 1.10. The Balaban J connectivity index is 0.00000480. The van der Waals surface area contributed by atoms with E-state index in [1.807, 2.05) is 30.3 Å². The number of rotatable bonds is 10. The zero-order valence-electron chi connectivity index (χ0n) is 17.7. The number of phenolic OH excluding ortho intramolecular Hbond substituents is 1. The van der Waals surface area contributed by atoms with Crippen LogP contribution in [0.25, 0.3) is 0 Å². The van der Waals surface area contributed by atoms with Gasteiger partial charge in [0.25, 0.3) is 5.91 Å². The first-order valence-corrected chi connectivity index (χ1v) is 10.5. The summed E-state index contributed by atoms with van der Waals surface area (Å²) in [5.74, 6) is -1.68. The summed E-state index contributed by atoms with van der Waals surface area (Å²) in [4.78, 5) is 25.0. The van der Waals surface area contributed by atoms with Crippen LogP contribution < -0.4 is 16.8 Å². The van der Waals surface area contributed by atoms with Crippen molar-refractivity contribution in [3.05, 3.63) is 57.6 Å². The Morgan fingerprint density at radius 1 is 1.16 bits per heavy atom. The average Bonchev–Trinajstić information content (AvgIpc) is 2.75. The standard InChI is InChI=1S/C22H26Cl2N2O4.H3N/c1-3-4-8-11-25-19-16(23)13-15(20(27)18(19)24)21(28)26-17(22(29)30-2)12-14-9-6-5-7-10-14;/h5-7,9-10,13,17,25,27H,3-4,8,11-12H2,1-2H3,(H,26,28);1H3/t17-;/m0./s1. The fourth-order valence-electron chi connectivity index (χ4n) is 2.95. The first-order valence-electron chi connectivity index (χ1n) is 9.76. The fraction of sp³-hybridized carbons (Fsp3) is 0.364. The normalized spacial score (nSPS) is 11.2. The molecule has 2 rings (SSSR count). The summed E-state index contributed by atoms with van der Waals surface area (Å²) in [7, 11) is 1.25. The van der Waals surface area contributed by atoms with E-state index >= 15 is 0 Å². The molecule has 0 aliphatic heterocycles. The predicted molar refractivity (Wildman–Crippen MR) is 125 cm³/mol. The average molecular weight is 470 g/mol. The van der Waals surface area contributed by atoms with Gasteiger partial charge in [0.15, 0.2) is 0 Å². The summed E-state index contributed by atoms with van der Waals surface area (Å²) >= 11 is 12.5. The van der Waals surface area contributed by atoms with Crippen molar-refractivity contribution in [2.24, 2.45) is 0 Å². The second kappa shape index (κ2) is 13.0. The quantitative estimate of drug-likeness (QED) is 0.287. The number of carbonyl (C=O) groups excluding carboxylic acids is 2. The van der Waals surface area contributed by atoms with Crippen molar-refractivity contribution in [1.29, 1.82) is 0 Å². The van der Waals surface area contributed by atoms with E-state index in [0.717, 1.165) is 24.8 Å². The maximum atomic E-state index is 12.8. The molecule has 1 amide bonds. The first-order chi connectivity index (χ1) is 14.4. The van der Waals surface area contributed by atoms with Gasteiger partial charge in [0.05, 0.1) is 23.4 Å². The van der Waals surface area contributed by atoms with E-state index in [0.29, 0.717) is 12.2 Å². The number of esters is 1. The number of carbonyl (C=O) groups is 2. The van der Waals surface area contributed by atoms with E-state index in [4.69, 9.17) is 27.9 Å². The molecule has 0 fully saturated rings. The Kier molecular flexibility index (Phi) is 11.2. The van der Waals surface area contributed by atoms with E-state index < -0.39 is 23.7 Å². The smallest absolute Gasteiger partial charge is 0.328 e. The van der Waals surface area contributed by atoms with Crippen LogP contribution in [0.5, 0.6) is 5.75 Å². The molecule has 170 valence electrons. The number of ether oxygens (including phenoxy) is 1. The molecule has 1 atom stereocenters. The van der Waals surface area contributed by atoms with Crippen LogP contribution in [0.15, 0.2) is 36.4 Å². The number of phenols is 1. The maximum absolute atomic E-state index is 12.8. The zero-order valence-corrected chi connectivity index (χ0v) is 19.2. The minimum atomic E-state index is -0.936. The predicted octanol–water partition coefficient (Wildman–Crippen LogP) is 4.98. The van der Waals surface area contributed by atoms with Gasteiger partial charge in [-0.1, -0.05) is 73.3 Å². The third-order valence-electron chi connectivity index (χ3n) is 4.59. The van der Waals surface area contributed by atoms with Gasteiger partial charge in [-0.05, 0) is 18.1 Å². The Bertz CT molecular complexity index is 879. The fourth-order valence-corrected chi connectivity index (χ4v) is 3.54. The van der Waals surface area contributed by atoms with Crippen molar-refractivity contribution < 1.29 is 19.4 Å². The minimum absolute atomic E-state index is 0. The molecule has 9 heteroatoms. The summed E-state index contributed by atoms with van der Waals surface area (Å²) in [5, 5.41) is 16.3. The number of hydrogen-bond donors (Lipinski definition) is 4. The van der Waals surface area contributed by atoms with Gasteiger partial charge in [0.1, 0.15) is 16.8 Å². The van der Waals surface area contributed by atoms with Crippen LogP contribution in [0.4, 0.5) is 5.69 Å². The lowest BCUT2D eigenvalue weighted by Crippen LogP contribution is -2.43. The van der Waals surface area contributed by atoms with Gasteiger partial charge in [-0.2, -0.15) is 0 Å². The van der Waals surface area contributed by atoms with Crippen LogP contribution >= 0.6 is 23.2 Å². The molecule has 0 aliphatic carbocycles. The number of unbranched alkanes of at least 4 members (excludes halogenated alkanes) is 2. The van der Waals surface area contributed by atoms with Gasteiger partial charge in [0, 0.05) is 13.0 Å². The summed E-state index contributed by atoms with van der Waals surface area (Å²) in [6, 6.07) is 9.60. The van der Waals surface area contributed by atoms with Crippen molar-refractivity contribution in [3.8, 4) is 5.75 Å². The molecule has 0 saturated carbocycles. The molecular weight excluding hydrogens is 441 g/mol. The maximum Gasteiger partial charge on any atom is 0.328 e. The molecule has 0 aliphatic rings. The Morgan fingerprint density at radius 3 is 2.45 bits per heavy atom. The van der Waals surface area contributed by atoms with Crippen LogP contribution in [-0.4, -0.2) is 36.7 Å². The highest BCUT2D eigenvalue weighted by Crippen LogP contribution is 2.40. The van der Waals surface area contributed by atoms with Gasteiger partial charge in [-0.15, -0.1) is 0 Å². The van der Waals surface area contributed by atoms with Crippen molar-refractivity contribution in [3.63, 3.8) is 0 Å². The molecular formula is C22H29Cl2N3O4. The van der Waals surface area contributed by atoms with Crippen molar-refractivity contribution >= 4 is 40.8 Å². The van der Waals surface area contributed by atoms with E-state index in [9.17, 15) is 14.7 Å². The van der Waals surface area contributed by atoms with E-state index in [2.05, 4.69) is 17.6 Å². The molecule has 2 aromatic carbocycles. The third kappa shape index (κ3) is 7.31. The molecule has 31 heavy (non-hydrogen) atoms. The number of anilines is 1. The molecule has 6 N–H and O–H groups in total. The van der Waals surface area contributed by atoms with Gasteiger partial charge < -0.3 is 26.6 Å². The summed E-state index contributed by atoms with van der Waals surface area (Å²) < 4.78 is 4.80. The largest absolute Gasteiger partial charge is 0.505 e. The zero-order chi connectivity index (χ0) is 22.1. The molecule has 2 aromatic rings. The van der Waals surface area contributed by atoms with Crippen LogP contribution in [0.3, 0.4) is 0 Å². The van der Waals surface area contributed by atoms with Crippen LogP contribution in [-0.2, 0) is 16.0 Å². The Labute approximate surface area is 192 Å². The number of nitrogens with one attached hydrogen (secondary N) is 2. The van der Waals surface area contributed by atoms with Gasteiger partial charge in [0.2, 0.25) is 0 Å². The van der Waals surface area contributed by atoms with Gasteiger partial charge in [-0.3, -0.25) is 4.79 Å². The van der Waals surface area contributed by atoms with Crippen LogP contribution in [0.1, 0.15) is 42.1 Å². The number of methoxy groups -OCH3 is 1. The molecule has 0 saturated heterocycles. The number of halogens is 2. The van der Waals surface area contributed by atoms with Crippen molar-refractivity contribution in [2.45, 2.75) is 38.6 Å².